The Bertz CT molecular complexity index is 1450. The predicted octanol–water partition coefficient (Wildman–Crippen LogP) is 15.6. The maximum absolute atomic E-state index is 13.4. The van der Waals surface area contributed by atoms with E-state index in [0.717, 1.165) is 51.4 Å². The highest BCUT2D eigenvalue weighted by molar-refractivity contribution is 5.76. The van der Waals surface area contributed by atoms with Crippen molar-refractivity contribution in [2.45, 2.75) is 434 Å². The van der Waals surface area contributed by atoms with Gasteiger partial charge in [-0.2, -0.15) is 0 Å². The molecule has 12 atom stereocenters. The maximum Gasteiger partial charge on any atom is 0.220 e. The number of ether oxygens (including phenoxy) is 4. The first-order chi connectivity index (χ1) is 42.1. The smallest absolute Gasteiger partial charge is 0.220 e. The van der Waals surface area contributed by atoms with Crippen molar-refractivity contribution in [3.8, 4) is 0 Å². The van der Waals surface area contributed by atoms with Gasteiger partial charge in [-0.05, 0) is 12.8 Å². The lowest BCUT2D eigenvalue weighted by Crippen LogP contribution is -2.65. The summed E-state index contributed by atoms with van der Waals surface area (Å²) < 4.78 is 23.0. The van der Waals surface area contributed by atoms with E-state index in [2.05, 4.69) is 19.2 Å². The highest BCUT2D eigenvalue weighted by atomic mass is 16.7. The Labute approximate surface area is 527 Å². The molecule has 0 aromatic carbocycles. The van der Waals surface area contributed by atoms with Gasteiger partial charge in [0.2, 0.25) is 5.91 Å². The number of amides is 1. The van der Waals surface area contributed by atoms with Gasteiger partial charge in [-0.15, -0.1) is 0 Å². The maximum atomic E-state index is 13.4. The van der Waals surface area contributed by atoms with Crippen molar-refractivity contribution in [1.29, 1.82) is 0 Å². The summed E-state index contributed by atoms with van der Waals surface area (Å²) in [6, 6.07) is -0.825. The van der Waals surface area contributed by atoms with E-state index in [1.54, 1.807) is 0 Å². The van der Waals surface area contributed by atoms with Gasteiger partial charge >= 0.3 is 0 Å². The van der Waals surface area contributed by atoms with Crippen molar-refractivity contribution >= 4 is 5.91 Å². The average Bonchev–Trinajstić information content (AvgIpc) is 2.54. The minimum absolute atomic E-state index is 0.196. The summed E-state index contributed by atoms with van der Waals surface area (Å²) in [5, 5.41) is 87.7. The summed E-state index contributed by atoms with van der Waals surface area (Å²) in [5.41, 5.74) is 0. The van der Waals surface area contributed by atoms with Crippen molar-refractivity contribution < 1.29 is 64.6 Å². The molecule has 1 amide bonds. The van der Waals surface area contributed by atoms with Gasteiger partial charge in [0.15, 0.2) is 12.6 Å². The molecular formula is C72H141NO13. The summed E-state index contributed by atoms with van der Waals surface area (Å²) in [5.74, 6) is -0.196. The van der Waals surface area contributed by atoms with Crippen LogP contribution in [0.2, 0.25) is 0 Å². The lowest BCUT2D eigenvalue weighted by Gasteiger charge is -2.46. The number of aliphatic hydroxyl groups is 8. The predicted molar refractivity (Wildman–Crippen MR) is 351 cm³/mol. The largest absolute Gasteiger partial charge is 0.394 e. The van der Waals surface area contributed by atoms with Crippen LogP contribution in [0.4, 0.5) is 0 Å². The van der Waals surface area contributed by atoms with E-state index < -0.39 is 86.8 Å². The molecule has 0 aliphatic carbocycles. The van der Waals surface area contributed by atoms with Crippen molar-refractivity contribution in [2.24, 2.45) is 0 Å². The van der Waals surface area contributed by atoms with Gasteiger partial charge in [-0.1, -0.05) is 341 Å². The van der Waals surface area contributed by atoms with Gasteiger partial charge in [0.1, 0.15) is 48.8 Å². The van der Waals surface area contributed by atoms with Crippen molar-refractivity contribution in [2.75, 3.05) is 19.8 Å². The highest BCUT2D eigenvalue weighted by Gasteiger charge is 2.51. The molecule has 14 heteroatoms. The standard InChI is InChI=1S/C72H141NO13/c1-3-5-7-9-11-13-15-17-19-21-23-25-27-28-29-30-31-32-33-34-35-37-39-41-43-45-47-49-51-53-55-61(76)60(59-83-71-69(82)67(80)70(63(58-75)85-71)86-72-68(81)66(79)65(78)62(57-74)84-72)73-64(77)56-54-52-50-48-46-44-42-40-38-36-26-24-22-20-18-16-14-12-10-8-6-4-2/h60-63,65-72,74-76,78-82H,3-59H2,1-2H3,(H,73,77). The molecule has 512 valence electrons. The van der Waals surface area contributed by atoms with Gasteiger partial charge < -0.3 is 65.1 Å². The Balaban J connectivity index is 1.63. The first-order valence-electron chi connectivity index (χ1n) is 37.3. The molecule has 0 aromatic heterocycles. The number of aliphatic hydroxyl groups excluding tert-OH is 8. The van der Waals surface area contributed by atoms with Crippen LogP contribution in [-0.4, -0.2) is 140 Å². The lowest BCUT2D eigenvalue weighted by atomic mass is 9.97. The zero-order chi connectivity index (χ0) is 62.3. The normalized spacial score (nSPS) is 23.3. The SMILES string of the molecule is CCCCCCCCCCCCCCCCCCCCCCCCCCCCCCCCC(O)C(COC1OC(CO)C(OC2OC(CO)C(O)C(O)C2O)C(O)C1O)NC(=O)CCCCCCCCCCCCCCCCCCCCCCCC. The zero-order valence-corrected chi connectivity index (χ0v) is 55.9. The van der Waals surface area contributed by atoms with Gasteiger partial charge in [0, 0.05) is 6.42 Å². The molecule has 2 rings (SSSR count). The fraction of sp³-hybridized carbons (Fsp3) is 0.986. The third-order valence-corrected chi connectivity index (χ3v) is 18.8. The molecule has 0 bridgehead atoms. The molecule has 0 spiro atoms. The van der Waals surface area contributed by atoms with Crippen LogP contribution in [0.3, 0.4) is 0 Å². The van der Waals surface area contributed by atoms with Crippen LogP contribution in [0, 0.1) is 0 Å². The monoisotopic (exact) mass is 1230 g/mol. The average molecular weight is 1230 g/mol. The van der Waals surface area contributed by atoms with E-state index in [9.17, 15) is 45.6 Å². The second kappa shape index (κ2) is 57.9. The van der Waals surface area contributed by atoms with Gasteiger partial charge in [-0.3, -0.25) is 4.79 Å². The van der Waals surface area contributed by atoms with Crippen molar-refractivity contribution in [3.63, 3.8) is 0 Å². The lowest BCUT2D eigenvalue weighted by molar-refractivity contribution is -0.359. The van der Waals surface area contributed by atoms with E-state index in [-0.39, 0.29) is 12.5 Å². The third-order valence-electron chi connectivity index (χ3n) is 18.8. The summed E-state index contributed by atoms with van der Waals surface area (Å²) in [4.78, 5) is 13.4. The number of rotatable bonds is 63. The molecule has 12 unspecified atom stereocenters. The van der Waals surface area contributed by atoms with Crippen LogP contribution in [0.1, 0.15) is 361 Å². The van der Waals surface area contributed by atoms with Crippen molar-refractivity contribution in [3.05, 3.63) is 0 Å². The van der Waals surface area contributed by atoms with Crippen molar-refractivity contribution in [1.82, 2.24) is 5.32 Å². The molecule has 2 aliphatic heterocycles. The minimum Gasteiger partial charge on any atom is -0.394 e. The molecule has 9 N–H and O–H groups in total. The van der Waals surface area contributed by atoms with Crippen LogP contribution in [-0.2, 0) is 23.7 Å². The molecule has 14 nitrogen and oxygen atoms in total. The molecule has 0 saturated carbocycles. The van der Waals surface area contributed by atoms with Crippen LogP contribution in [0.25, 0.3) is 0 Å². The number of carbonyl (C=O) groups is 1. The number of carbonyl (C=O) groups excluding carboxylic acids is 1. The Kier molecular flexibility index (Phi) is 54.5. The zero-order valence-electron chi connectivity index (χ0n) is 55.9. The number of nitrogens with one attached hydrogen (secondary N) is 1. The van der Waals surface area contributed by atoms with Crippen LogP contribution in [0.5, 0.6) is 0 Å². The highest BCUT2D eigenvalue weighted by Crippen LogP contribution is 2.30. The van der Waals surface area contributed by atoms with E-state index in [0.29, 0.717) is 12.8 Å². The van der Waals surface area contributed by atoms with Gasteiger partial charge in [-0.25, -0.2) is 0 Å². The summed E-state index contributed by atoms with van der Waals surface area (Å²) >= 11 is 0. The molecule has 2 fully saturated rings. The first kappa shape index (κ1) is 81.1. The van der Waals surface area contributed by atoms with Crippen LogP contribution in [0.15, 0.2) is 0 Å². The number of hydrogen-bond donors (Lipinski definition) is 9. The van der Waals surface area contributed by atoms with E-state index in [1.165, 1.54) is 283 Å². The number of hydrogen-bond acceptors (Lipinski definition) is 13. The molecule has 0 aromatic rings. The van der Waals surface area contributed by atoms with Crippen LogP contribution >= 0.6 is 0 Å². The molecular weight excluding hydrogens is 1090 g/mol. The van der Waals surface area contributed by atoms with Gasteiger partial charge in [0.05, 0.1) is 32.0 Å². The molecule has 2 heterocycles. The first-order valence-corrected chi connectivity index (χ1v) is 37.3. The summed E-state index contributed by atoms with van der Waals surface area (Å²) in [6.45, 7) is 2.94. The van der Waals surface area contributed by atoms with E-state index in [4.69, 9.17) is 18.9 Å². The van der Waals surface area contributed by atoms with Gasteiger partial charge in [0.25, 0.3) is 0 Å². The third kappa shape index (κ3) is 41.5. The number of unbranched alkanes of at least 4 members (excludes halogenated alkanes) is 50. The second-order valence-electron chi connectivity index (χ2n) is 26.8. The van der Waals surface area contributed by atoms with E-state index >= 15 is 0 Å². The Morgan fingerprint density at radius 2 is 0.663 bits per heavy atom. The quantitative estimate of drug-likeness (QED) is 0.0259. The summed E-state index contributed by atoms with van der Waals surface area (Å²) in [6.07, 6.45) is 52.7. The molecule has 2 saturated heterocycles. The molecule has 86 heavy (non-hydrogen) atoms. The second-order valence-corrected chi connectivity index (χ2v) is 26.8. The fourth-order valence-corrected chi connectivity index (χ4v) is 12.9. The topological polar surface area (TPSA) is 228 Å². The molecule has 0 radical (unpaired) electrons. The molecule has 2 aliphatic rings. The van der Waals surface area contributed by atoms with Crippen LogP contribution < -0.4 is 5.32 Å². The fourth-order valence-electron chi connectivity index (χ4n) is 12.9. The minimum atomic E-state index is -1.78. The Morgan fingerprint density at radius 3 is 0.988 bits per heavy atom. The Hall–Kier alpha value is -1.01. The van der Waals surface area contributed by atoms with E-state index in [1.807, 2.05) is 0 Å². The summed E-state index contributed by atoms with van der Waals surface area (Å²) in [7, 11) is 0. The Morgan fingerprint density at radius 1 is 0.372 bits per heavy atom.